The minimum Gasteiger partial charge on any atom is -0.392 e. The van der Waals surface area contributed by atoms with E-state index in [1.807, 2.05) is 11.8 Å². The first-order chi connectivity index (χ1) is 5.74. The van der Waals surface area contributed by atoms with E-state index in [4.69, 9.17) is 0 Å². The minimum absolute atomic E-state index is 0.0299. The number of hydrogen-bond donors (Lipinski definition) is 1. The lowest BCUT2D eigenvalue weighted by Gasteiger charge is -2.28. The first kappa shape index (κ1) is 10.4. The highest BCUT2D eigenvalue weighted by Gasteiger charge is 2.24. The standard InChI is InChI=1S/C10H20OS/c1-3-8(2)12-10-7-5-4-6-9(10)11/h8-11H,3-7H2,1-2H3/t8?,9-,10-/m1/s1. The molecule has 1 nitrogen and oxygen atoms in total. The summed E-state index contributed by atoms with van der Waals surface area (Å²) in [5, 5.41) is 10.9. The Hall–Kier alpha value is 0.310. The van der Waals surface area contributed by atoms with Gasteiger partial charge in [0.25, 0.3) is 0 Å². The van der Waals surface area contributed by atoms with Gasteiger partial charge in [0, 0.05) is 10.5 Å². The number of rotatable bonds is 3. The Balaban J connectivity index is 2.28. The summed E-state index contributed by atoms with van der Waals surface area (Å²) in [7, 11) is 0. The van der Waals surface area contributed by atoms with E-state index in [0.29, 0.717) is 10.5 Å². The van der Waals surface area contributed by atoms with Crippen molar-refractivity contribution in [2.75, 3.05) is 0 Å². The minimum atomic E-state index is -0.0299. The maximum Gasteiger partial charge on any atom is 0.0658 e. The highest BCUT2D eigenvalue weighted by atomic mass is 32.2. The fourth-order valence-corrected chi connectivity index (χ4v) is 3.04. The fourth-order valence-electron chi connectivity index (χ4n) is 1.63. The Kier molecular flexibility index (Phi) is 4.44. The largest absolute Gasteiger partial charge is 0.392 e. The molecule has 1 fully saturated rings. The van der Waals surface area contributed by atoms with Gasteiger partial charge in [-0.3, -0.25) is 0 Å². The molecule has 0 heterocycles. The van der Waals surface area contributed by atoms with E-state index in [1.165, 1.54) is 25.7 Å². The Morgan fingerprint density at radius 1 is 1.42 bits per heavy atom. The molecule has 2 heteroatoms. The molecule has 0 aliphatic heterocycles. The van der Waals surface area contributed by atoms with Crippen molar-refractivity contribution in [3.63, 3.8) is 0 Å². The van der Waals surface area contributed by atoms with Crippen molar-refractivity contribution in [2.24, 2.45) is 0 Å². The average molecular weight is 188 g/mol. The smallest absolute Gasteiger partial charge is 0.0658 e. The second-order valence-corrected chi connectivity index (χ2v) is 5.43. The molecule has 1 unspecified atom stereocenters. The summed E-state index contributed by atoms with van der Waals surface area (Å²) < 4.78 is 0. The molecule has 0 amide bonds. The van der Waals surface area contributed by atoms with Crippen molar-refractivity contribution in [3.05, 3.63) is 0 Å². The maximum absolute atomic E-state index is 9.69. The second-order valence-electron chi connectivity index (χ2n) is 3.75. The van der Waals surface area contributed by atoms with Crippen LogP contribution in [0.5, 0.6) is 0 Å². The molecule has 0 radical (unpaired) electrons. The van der Waals surface area contributed by atoms with Crippen molar-refractivity contribution < 1.29 is 5.11 Å². The number of thioether (sulfide) groups is 1. The average Bonchev–Trinajstić information content (AvgIpc) is 2.09. The van der Waals surface area contributed by atoms with E-state index in [-0.39, 0.29) is 6.10 Å². The van der Waals surface area contributed by atoms with Crippen LogP contribution in [0.15, 0.2) is 0 Å². The van der Waals surface area contributed by atoms with Crippen molar-refractivity contribution in [2.45, 2.75) is 62.6 Å². The molecule has 3 atom stereocenters. The Bertz CT molecular complexity index is 127. The first-order valence-corrected chi connectivity index (χ1v) is 6.01. The van der Waals surface area contributed by atoms with Gasteiger partial charge in [0.2, 0.25) is 0 Å². The second kappa shape index (κ2) is 5.13. The summed E-state index contributed by atoms with van der Waals surface area (Å²) in [5.41, 5.74) is 0. The molecular weight excluding hydrogens is 168 g/mol. The van der Waals surface area contributed by atoms with Gasteiger partial charge in [-0.1, -0.05) is 26.7 Å². The summed E-state index contributed by atoms with van der Waals surface area (Å²) in [5.74, 6) is 0. The molecule has 0 aromatic carbocycles. The van der Waals surface area contributed by atoms with Gasteiger partial charge in [0.05, 0.1) is 6.10 Å². The zero-order chi connectivity index (χ0) is 8.97. The summed E-state index contributed by atoms with van der Waals surface area (Å²) >= 11 is 1.98. The zero-order valence-electron chi connectivity index (χ0n) is 8.12. The first-order valence-electron chi connectivity index (χ1n) is 5.07. The molecule has 0 aromatic rings. The van der Waals surface area contributed by atoms with E-state index in [0.717, 1.165) is 6.42 Å². The van der Waals surface area contributed by atoms with Crippen LogP contribution in [0.1, 0.15) is 46.0 Å². The molecule has 0 bridgehead atoms. The van der Waals surface area contributed by atoms with Crippen LogP contribution in [0.25, 0.3) is 0 Å². The zero-order valence-corrected chi connectivity index (χ0v) is 8.94. The molecule has 0 aromatic heterocycles. The SMILES string of the molecule is CCC(C)S[C@@H]1CCCC[C@H]1O. The summed E-state index contributed by atoms with van der Waals surface area (Å²) in [6.45, 7) is 4.47. The fraction of sp³-hybridized carbons (Fsp3) is 1.00. The molecule has 1 rings (SSSR count). The Morgan fingerprint density at radius 2 is 2.08 bits per heavy atom. The molecule has 1 aliphatic rings. The predicted octanol–water partition coefficient (Wildman–Crippen LogP) is 2.82. The van der Waals surface area contributed by atoms with Crippen molar-refractivity contribution in [1.82, 2.24) is 0 Å². The lowest BCUT2D eigenvalue weighted by molar-refractivity contribution is 0.136. The summed E-state index contributed by atoms with van der Waals surface area (Å²) in [6.07, 6.45) is 5.96. The van der Waals surface area contributed by atoms with Crippen LogP contribution in [-0.2, 0) is 0 Å². The highest BCUT2D eigenvalue weighted by Crippen LogP contribution is 2.32. The van der Waals surface area contributed by atoms with Crippen molar-refractivity contribution in [3.8, 4) is 0 Å². The third kappa shape index (κ3) is 2.98. The molecule has 1 aliphatic carbocycles. The third-order valence-electron chi connectivity index (χ3n) is 2.65. The van der Waals surface area contributed by atoms with E-state index < -0.39 is 0 Å². The van der Waals surface area contributed by atoms with Gasteiger partial charge in [-0.25, -0.2) is 0 Å². The normalized spacial score (nSPS) is 33.2. The molecule has 12 heavy (non-hydrogen) atoms. The predicted molar refractivity (Wildman–Crippen MR) is 55.6 cm³/mol. The van der Waals surface area contributed by atoms with Gasteiger partial charge < -0.3 is 5.11 Å². The summed E-state index contributed by atoms with van der Waals surface area (Å²) in [4.78, 5) is 0. The topological polar surface area (TPSA) is 20.2 Å². The number of hydrogen-bond acceptors (Lipinski definition) is 2. The molecule has 1 saturated carbocycles. The van der Waals surface area contributed by atoms with E-state index in [9.17, 15) is 5.11 Å². The Morgan fingerprint density at radius 3 is 2.67 bits per heavy atom. The van der Waals surface area contributed by atoms with Gasteiger partial charge in [0.1, 0.15) is 0 Å². The van der Waals surface area contributed by atoms with Crippen LogP contribution in [-0.4, -0.2) is 21.7 Å². The molecule has 0 spiro atoms. The lowest BCUT2D eigenvalue weighted by Crippen LogP contribution is -2.28. The van der Waals surface area contributed by atoms with Crippen LogP contribution in [0.4, 0.5) is 0 Å². The Labute approximate surface area is 79.9 Å². The quantitative estimate of drug-likeness (QED) is 0.735. The van der Waals surface area contributed by atoms with Gasteiger partial charge in [-0.05, 0) is 19.3 Å². The van der Waals surface area contributed by atoms with Crippen molar-refractivity contribution in [1.29, 1.82) is 0 Å². The van der Waals surface area contributed by atoms with E-state index >= 15 is 0 Å². The van der Waals surface area contributed by atoms with Crippen LogP contribution >= 0.6 is 11.8 Å². The van der Waals surface area contributed by atoms with Crippen LogP contribution in [0.2, 0.25) is 0 Å². The van der Waals surface area contributed by atoms with Crippen molar-refractivity contribution >= 4 is 11.8 Å². The summed E-state index contributed by atoms with van der Waals surface area (Å²) in [6, 6.07) is 0. The molecular formula is C10H20OS. The van der Waals surface area contributed by atoms with Gasteiger partial charge >= 0.3 is 0 Å². The van der Waals surface area contributed by atoms with Crippen LogP contribution in [0, 0.1) is 0 Å². The monoisotopic (exact) mass is 188 g/mol. The molecule has 72 valence electrons. The molecule has 1 N–H and O–H groups in total. The van der Waals surface area contributed by atoms with E-state index in [2.05, 4.69) is 13.8 Å². The molecule has 0 saturated heterocycles. The van der Waals surface area contributed by atoms with Gasteiger partial charge in [-0.15, -0.1) is 0 Å². The van der Waals surface area contributed by atoms with E-state index in [1.54, 1.807) is 0 Å². The van der Waals surface area contributed by atoms with Crippen LogP contribution < -0.4 is 0 Å². The number of aliphatic hydroxyl groups is 1. The van der Waals surface area contributed by atoms with Crippen LogP contribution in [0.3, 0.4) is 0 Å². The number of aliphatic hydroxyl groups excluding tert-OH is 1. The third-order valence-corrected chi connectivity index (χ3v) is 4.35. The highest BCUT2D eigenvalue weighted by molar-refractivity contribution is 8.00. The van der Waals surface area contributed by atoms with Gasteiger partial charge in [-0.2, -0.15) is 11.8 Å². The lowest BCUT2D eigenvalue weighted by atomic mass is 9.97. The van der Waals surface area contributed by atoms with Gasteiger partial charge in [0.15, 0.2) is 0 Å². The maximum atomic E-state index is 9.69.